The van der Waals surface area contributed by atoms with Gasteiger partial charge in [0.15, 0.2) is 0 Å². The second-order valence-electron chi connectivity index (χ2n) is 9.71. The minimum atomic E-state index is -0.116. The summed E-state index contributed by atoms with van der Waals surface area (Å²) in [6.07, 6.45) is 17.5. The van der Waals surface area contributed by atoms with Crippen LogP contribution in [0.1, 0.15) is 51.0 Å². The fraction of sp³-hybridized carbons (Fsp3) is 0.517. The third-order valence-electron chi connectivity index (χ3n) is 7.31. The molecule has 1 aliphatic carbocycles. The molecule has 1 spiro atoms. The van der Waals surface area contributed by atoms with Gasteiger partial charge in [-0.3, -0.25) is 4.90 Å². The van der Waals surface area contributed by atoms with Crippen LogP contribution >= 0.6 is 23.5 Å². The number of hydrogen-bond acceptors (Lipinski definition) is 6. The number of rotatable bonds is 7. The monoisotopic (exact) mass is 511 g/mol. The van der Waals surface area contributed by atoms with Crippen LogP contribution in [-0.2, 0) is 4.74 Å². The molecule has 0 saturated carbocycles. The second-order valence-corrected chi connectivity index (χ2v) is 12.9. The van der Waals surface area contributed by atoms with E-state index in [1.807, 2.05) is 25.1 Å². The van der Waals surface area contributed by atoms with Crippen LogP contribution in [-0.4, -0.2) is 57.9 Å². The number of ether oxygens (including phenoxy) is 2. The third-order valence-corrected chi connectivity index (χ3v) is 10.8. The number of likely N-dealkylation sites (tertiary alicyclic amines) is 1. The van der Waals surface area contributed by atoms with E-state index in [0.29, 0.717) is 10.7 Å². The first kappa shape index (κ1) is 24.9. The largest absolute Gasteiger partial charge is 0.508 e. The second kappa shape index (κ2) is 11.5. The quantitative estimate of drug-likeness (QED) is 0.321. The van der Waals surface area contributed by atoms with Crippen molar-refractivity contribution in [3.8, 4) is 11.5 Å². The van der Waals surface area contributed by atoms with Gasteiger partial charge in [0, 0.05) is 29.7 Å². The number of nitrogens with zero attached hydrogens (tertiary/aromatic N) is 1. The maximum absolute atomic E-state index is 10.1. The van der Waals surface area contributed by atoms with Crippen molar-refractivity contribution in [2.24, 2.45) is 0 Å². The first-order valence-corrected chi connectivity index (χ1v) is 15.0. The van der Waals surface area contributed by atoms with Crippen molar-refractivity contribution < 1.29 is 14.6 Å². The molecule has 0 amide bonds. The minimum absolute atomic E-state index is 0.116. The Bertz CT molecular complexity index is 1020. The van der Waals surface area contributed by atoms with E-state index in [4.69, 9.17) is 9.47 Å². The van der Waals surface area contributed by atoms with Crippen molar-refractivity contribution in [3.05, 3.63) is 65.5 Å². The Morgan fingerprint density at radius 2 is 2.06 bits per heavy atom. The van der Waals surface area contributed by atoms with Gasteiger partial charge in [0.25, 0.3) is 0 Å². The van der Waals surface area contributed by atoms with Gasteiger partial charge in [-0.1, -0.05) is 18.6 Å². The number of thioether (sulfide) groups is 2. The summed E-state index contributed by atoms with van der Waals surface area (Å²) in [4.78, 5) is 2.50. The summed E-state index contributed by atoms with van der Waals surface area (Å²) in [5, 5.41) is 10.1. The van der Waals surface area contributed by atoms with Crippen LogP contribution in [0.2, 0.25) is 0 Å². The summed E-state index contributed by atoms with van der Waals surface area (Å²) < 4.78 is 12.9. The molecule has 2 saturated heterocycles. The van der Waals surface area contributed by atoms with Gasteiger partial charge in [0.2, 0.25) is 0 Å². The van der Waals surface area contributed by atoms with Crippen molar-refractivity contribution in [1.82, 2.24) is 4.90 Å². The zero-order valence-corrected chi connectivity index (χ0v) is 22.3. The average molecular weight is 512 g/mol. The van der Waals surface area contributed by atoms with Crippen LogP contribution in [0.15, 0.2) is 59.9 Å². The van der Waals surface area contributed by atoms with E-state index in [1.54, 1.807) is 12.1 Å². The molecule has 6 heteroatoms. The highest BCUT2D eigenvalue weighted by molar-refractivity contribution is 8.21. The number of aromatic hydroxyl groups is 1. The molecular weight excluding hydrogens is 474 g/mol. The van der Waals surface area contributed by atoms with Crippen LogP contribution < -0.4 is 4.74 Å². The van der Waals surface area contributed by atoms with E-state index in [9.17, 15) is 5.11 Å². The first-order chi connectivity index (χ1) is 17.2. The summed E-state index contributed by atoms with van der Waals surface area (Å²) in [7, 11) is 0. The van der Waals surface area contributed by atoms with Gasteiger partial charge in [-0.05, 0) is 93.6 Å². The third kappa shape index (κ3) is 5.98. The standard InChI is InChI=1S/C29H37NO3S2/c1-2-7-23(32-17-16-30-14-4-3-5-15-30)8-6-9-27-26-21-29(34-18-19-35-29)13-12-24(26)25-11-10-22(31)20-28(25)33-27/h2,6-11,20,27,31H,3-5,12-19,21H2,1H3/b7-2-,9-6+,23-8+/t27-/m1/s1. The number of fused-ring (bicyclic) bond motifs is 2. The maximum Gasteiger partial charge on any atom is 0.139 e. The van der Waals surface area contributed by atoms with Crippen LogP contribution in [0.3, 0.4) is 0 Å². The Kier molecular flexibility index (Phi) is 8.21. The Morgan fingerprint density at radius 1 is 1.23 bits per heavy atom. The molecule has 1 aromatic rings. The molecule has 4 aliphatic rings. The number of phenolic OH excluding ortho intramolecular Hbond substituents is 1. The Hall–Kier alpha value is -1.76. The van der Waals surface area contributed by atoms with E-state index in [1.165, 1.54) is 61.4 Å². The van der Waals surface area contributed by atoms with Crippen molar-refractivity contribution in [3.63, 3.8) is 0 Å². The zero-order valence-electron chi connectivity index (χ0n) is 20.7. The highest BCUT2D eigenvalue weighted by Crippen LogP contribution is 2.57. The van der Waals surface area contributed by atoms with Crippen molar-refractivity contribution in [2.45, 2.75) is 55.6 Å². The summed E-state index contributed by atoms with van der Waals surface area (Å²) in [6.45, 7) is 6.10. The molecule has 1 N–H and O–H groups in total. The predicted octanol–water partition coefficient (Wildman–Crippen LogP) is 6.79. The zero-order chi connectivity index (χ0) is 24.1. The summed E-state index contributed by atoms with van der Waals surface area (Å²) >= 11 is 4.25. The number of benzene rings is 1. The van der Waals surface area contributed by atoms with Gasteiger partial charge in [-0.15, -0.1) is 23.5 Å². The van der Waals surface area contributed by atoms with Crippen LogP contribution in [0, 0.1) is 0 Å². The average Bonchev–Trinajstić information content (AvgIpc) is 3.32. The first-order valence-electron chi connectivity index (χ1n) is 13.0. The fourth-order valence-corrected chi connectivity index (χ4v) is 8.80. The molecule has 35 heavy (non-hydrogen) atoms. The van der Waals surface area contributed by atoms with Crippen LogP contribution in [0.4, 0.5) is 0 Å². The van der Waals surface area contributed by atoms with Gasteiger partial charge in [0.1, 0.15) is 30.0 Å². The summed E-state index contributed by atoms with van der Waals surface area (Å²) in [5.74, 6) is 4.40. The van der Waals surface area contributed by atoms with E-state index in [-0.39, 0.29) is 11.9 Å². The fourth-order valence-electron chi connectivity index (χ4n) is 5.55. The lowest BCUT2D eigenvalue weighted by atomic mass is 9.82. The van der Waals surface area contributed by atoms with Crippen molar-refractivity contribution >= 4 is 29.1 Å². The lowest BCUT2D eigenvalue weighted by molar-refractivity contribution is 0.148. The van der Waals surface area contributed by atoms with Gasteiger partial charge >= 0.3 is 0 Å². The number of piperidine rings is 1. The Balaban J connectivity index is 1.32. The highest BCUT2D eigenvalue weighted by Gasteiger charge is 2.43. The number of phenols is 1. The highest BCUT2D eigenvalue weighted by atomic mass is 32.2. The van der Waals surface area contributed by atoms with E-state index < -0.39 is 0 Å². The number of hydrogen-bond donors (Lipinski definition) is 1. The van der Waals surface area contributed by atoms with Gasteiger partial charge < -0.3 is 14.6 Å². The lowest BCUT2D eigenvalue weighted by Crippen LogP contribution is -2.32. The molecular formula is C29H37NO3S2. The van der Waals surface area contributed by atoms with Crippen LogP contribution in [0.5, 0.6) is 11.5 Å². The number of allylic oxidation sites excluding steroid dienone is 5. The molecule has 1 aromatic carbocycles. The van der Waals surface area contributed by atoms with Crippen molar-refractivity contribution in [2.75, 3.05) is 37.7 Å². The molecule has 0 unspecified atom stereocenters. The minimum Gasteiger partial charge on any atom is -0.508 e. The molecule has 2 fully saturated rings. The van der Waals surface area contributed by atoms with E-state index in [2.05, 4.69) is 46.7 Å². The molecule has 5 rings (SSSR count). The Morgan fingerprint density at radius 3 is 2.86 bits per heavy atom. The van der Waals surface area contributed by atoms with Gasteiger partial charge in [-0.2, -0.15) is 0 Å². The maximum atomic E-state index is 10.1. The van der Waals surface area contributed by atoms with E-state index >= 15 is 0 Å². The van der Waals surface area contributed by atoms with E-state index in [0.717, 1.165) is 36.5 Å². The molecule has 0 aromatic heterocycles. The predicted molar refractivity (Wildman–Crippen MR) is 149 cm³/mol. The molecule has 4 nitrogen and oxygen atoms in total. The SMILES string of the molecule is C\C=C/C(=C\C=C\[C@H]1Oc2cc(O)ccc2C2=C1CC1(CC2)SCCS1)OCCN1CCCCC1. The molecule has 188 valence electrons. The van der Waals surface area contributed by atoms with Crippen molar-refractivity contribution in [1.29, 1.82) is 0 Å². The Labute approximate surface area is 218 Å². The van der Waals surface area contributed by atoms with Gasteiger partial charge in [-0.25, -0.2) is 0 Å². The topological polar surface area (TPSA) is 41.9 Å². The van der Waals surface area contributed by atoms with Gasteiger partial charge in [0.05, 0.1) is 4.08 Å². The summed E-state index contributed by atoms with van der Waals surface area (Å²) in [5.41, 5.74) is 3.96. The molecule has 0 bridgehead atoms. The molecule has 3 aliphatic heterocycles. The van der Waals surface area contributed by atoms with Crippen LogP contribution in [0.25, 0.3) is 5.57 Å². The molecule has 0 radical (unpaired) electrons. The normalized spacial score (nSPS) is 24.7. The lowest BCUT2D eigenvalue weighted by Gasteiger charge is -2.40. The summed E-state index contributed by atoms with van der Waals surface area (Å²) in [6, 6.07) is 5.56. The molecule has 3 heterocycles. The smallest absolute Gasteiger partial charge is 0.139 e. The molecule has 1 atom stereocenters.